The van der Waals surface area contributed by atoms with Gasteiger partial charge in [-0.25, -0.2) is 4.68 Å². The molecule has 6 nitrogen and oxygen atoms in total. The number of hydrogen-bond donors (Lipinski definition) is 0. The number of aromatic nitrogens is 4. The summed E-state index contributed by atoms with van der Waals surface area (Å²) in [4.78, 5) is 12.7. The van der Waals surface area contributed by atoms with Crippen LogP contribution in [0.2, 0.25) is 10.2 Å². The van der Waals surface area contributed by atoms with Gasteiger partial charge in [0.15, 0.2) is 5.15 Å². The quantitative estimate of drug-likeness (QED) is 0.671. The number of pyridine rings is 1. The maximum absolute atomic E-state index is 12.7. The van der Waals surface area contributed by atoms with Crippen molar-refractivity contribution in [2.75, 3.05) is 7.11 Å². The Bertz CT molecular complexity index is 1020. The zero-order chi connectivity index (χ0) is 18.3. The molecule has 0 amide bonds. The van der Waals surface area contributed by atoms with Crippen LogP contribution in [0, 0.1) is 0 Å². The van der Waals surface area contributed by atoms with Gasteiger partial charge in [0.25, 0.3) is 5.56 Å². The predicted molar refractivity (Wildman–Crippen MR) is 101 cm³/mol. The second-order valence-electron chi connectivity index (χ2n) is 6.23. The third-order valence-corrected chi connectivity index (χ3v) is 5.10. The monoisotopic (exact) mass is 390 g/mol. The van der Waals surface area contributed by atoms with Crippen molar-refractivity contribution < 1.29 is 4.74 Å². The largest absolute Gasteiger partial charge is 0.495 e. The molecule has 1 saturated carbocycles. The molecule has 1 fully saturated rings. The van der Waals surface area contributed by atoms with Crippen LogP contribution in [0.1, 0.15) is 25.3 Å². The van der Waals surface area contributed by atoms with Crippen LogP contribution in [0.4, 0.5) is 0 Å². The lowest BCUT2D eigenvalue weighted by atomic mass is 9.92. The summed E-state index contributed by atoms with van der Waals surface area (Å²) in [5.41, 5.74) is 2.01. The lowest BCUT2D eigenvalue weighted by Crippen LogP contribution is -2.28. The van der Waals surface area contributed by atoms with Gasteiger partial charge in [-0.3, -0.25) is 4.79 Å². The van der Waals surface area contributed by atoms with Gasteiger partial charge in [-0.05, 0) is 37.5 Å². The van der Waals surface area contributed by atoms with Crippen molar-refractivity contribution in [3.63, 3.8) is 0 Å². The molecular formula is C18H16Cl2N4O2. The molecule has 1 aromatic carbocycles. The third-order valence-electron chi connectivity index (χ3n) is 4.69. The van der Waals surface area contributed by atoms with Gasteiger partial charge >= 0.3 is 0 Å². The average molecular weight is 391 g/mol. The molecular weight excluding hydrogens is 375 g/mol. The van der Waals surface area contributed by atoms with Gasteiger partial charge in [-0.1, -0.05) is 28.4 Å². The number of methoxy groups -OCH3 is 1. The minimum absolute atomic E-state index is 0.0620. The molecule has 0 bridgehead atoms. The topological polar surface area (TPSA) is 61.9 Å². The van der Waals surface area contributed by atoms with E-state index in [1.54, 1.807) is 53.0 Å². The van der Waals surface area contributed by atoms with E-state index in [1.807, 2.05) is 0 Å². The predicted octanol–water partition coefficient (Wildman–Crippen LogP) is 4.14. The van der Waals surface area contributed by atoms with Gasteiger partial charge < -0.3 is 9.30 Å². The van der Waals surface area contributed by atoms with Crippen LogP contribution in [0.5, 0.6) is 5.75 Å². The molecule has 8 heteroatoms. The molecule has 0 radical (unpaired) electrons. The molecule has 2 heterocycles. The van der Waals surface area contributed by atoms with Gasteiger partial charge in [0.05, 0.1) is 25.2 Å². The highest BCUT2D eigenvalue weighted by Crippen LogP contribution is 2.37. The van der Waals surface area contributed by atoms with Crippen molar-refractivity contribution in [1.82, 2.24) is 19.6 Å². The minimum atomic E-state index is -0.0620. The molecule has 0 unspecified atom stereocenters. The third kappa shape index (κ3) is 2.99. The first-order chi connectivity index (χ1) is 12.6. The van der Waals surface area contributed by atoms with Crippen LogP contribution >= 0.6 is 23.2 Å². The fourth-order valence-corrected chi connectivity index (χ4v) is 3.44. The van der Waals surface area contributed by atoms with E-state index >= 15 is 0 Å². The molecule has 1 aliphatic rings. The Morgan fingerprint density at radius 3 is 2.58 bits per heavy atom. The second-order valence-corrected chi connectivity index (χ2v) is 7.06. The summed E-state index contributed by atoms with van der Waals surface area (Å²) in [6.07, 6.45) is 6.55. The number of nitrogens with zero attached hydrogens (tertiary/aromatic N) is 4. The molecule has 3 aromatic rings. The van der Waals surface area contributed by atoms with Gasteiger partial charge in [0, 0.05) is 28.3 Å². The van der Waals surface area contributed by atoms with Crippen LogP contribution in [0.3, 0.4) is 0 Å². The molecule has 134 valence electrons. The van der Waals surface area contributed by atoms with Gasteiger partial charge in [0.2, 0.25) is 0 Å². The van der Waals surface area contributed by atoms with E-state index in [0.717, 1.165) is 19.3 Å². The maximum Gasteiger partial charge on any atom is 0.251 e. The number of hydrogen-bond acceptors (Lipinski definition) is 4. The van der Waals surface area contributed by atoms with E-state index in [1.165, 1.54) is 0 Å². The average Bonchev–Trinajstić information content (AvgIpc) is 3.01. The van der Waals surface area contributed by atoms with E-state index in [9.17, 15) is 4.79 Å². The standard InChI is InChI=1S/C18H16Cl2N4O2/c1-26-16-9-23(12-3-2-4-12)18(25)8-14(16)13-7-11(19)5-6-15(13)24-10-17(20)21-22-24/h5-10,12H,2-4H2,1H3. The maximum atomic E-state index is 12.7. The normalized spacial score (nSPS) is 14.3. The molecule has 4 rings (SSSR count). The van der Waals surface area contributed by atoms with Gasteiger partial charge in [-0.15, -0.1) is 5.10 Å². The van der Waals surface area contributed by atoms with Crippen molar-refractivity contribution in [3.05, 3.63) is 57.2 Å². The van der Waals surface area contributed by atoms with Crippen molar-refractivity contribution in [1.29, 1.82) is 0 Å². The molecule has 0 aliphatic heterocycles. The first kappa shape index (κ1) is 17.1. The number of ether oxygens (including phenoxy) is 1. The molecule has 0 N–H and O–H groups in total. The fourth-order valence-electron chi connectivity index (χ4n) is 3.14. The first-order valence-electron chi connectivity index (χ1n) is 8.25. The van der Waals surface area contributed by atoms with E-state index in [4.69, 9.17) is 27.9 Å². The summed E-state index contributed by atoms with van der Waals surface area (Å²) >= 11 is 12.1. The van der Waals surface area contributed by atoms with E-state index in [2.05, 4.69) is 10.3 Å². The summed E-state index contributed by atoms with van der Waals surface area (Å²) in [5.74, 6) is 0.603. The highest BCUT2D eigenvalue weighted by Gasteiger charge is 2.23. The van der Waals surface area contributed by atoms with Gasteiger partial charge in [0.1, 0.15) is 5.75 Å². The van der Waals surface area contributed by atoms with Crippen LogP contribution in [-0.4, -0.2) is 26.7 Å². The Balaban J connectivity index is 1.91. The minimum Gasteiger partial charge on any atom is -0.495 e. The highest BCUT2D eigenvalue weighted by atomic mass is 35.5. The fraction of sp³-hybridized carbons (Fsp3) is 0.278. The Hall–Kier alpha value is -2.31. The highest BCUT2D eigenvalue weighted by molar-refractivity contribution is 6.31. The number of benzene rings is 1. The summed E-state index contributed by atoms with van der Waals surface area (Å²) in [6, 6.07) is 7.17. The molecule has 1 aliphatic carbocycles. The van der Waals surface area contributed by atoms with E-state index in [-0.39, 0.29) is 16.8 Å². The molecule has 2 aromatic heterocycles. The summed E-state index contributed by atoms with van der Waals surface area (Å²) < 4.78 is 8.87. The van der Waals surface area contributed by atoms with Crippen LogP contribution in [0.25, 0.3) is 16.8 Å². The van der Waals surface area contributed by atoms with E-state index < -0.39 is 0 Å². The Morgan fingerprint density at radius 1 is 1.15 bits per heavy atom. The second kappa shape index (κ2) is 6.78. The van der Waals surface area contributed by atoms with Crippen molar-refractivity contribution in [2.24, 2.45) is 0 Å². The zero-order valence-corrected chi connectivity index (χ0v) is 15.5. The smallest absolute Gasteiger partial charge is 0.251 e. The van der Waals surface area contributed by atoms with Crippen molar-refractivity contribution >= 4 is 23.2 Å². The van der Waals surface area contributed by atoms with Gasteiger partial charge in [-0.2, -0.15) is 0 Å². The van der Waals surface area contributed by atoms with E-state index in [0.29, 0.717) is 27.6 Å². The molecule has 0 saturated heterocycles. The lowest BCUT2D eigenvalue weighted by Gasteiger charge is -2.28. The summed E-state index contributed by atoms with van der Waals surface area (Å²) in [5, 5.41) is 8.65. The van der Waals surface area contributed by atoms with Crippen LogP contribution in [-0.2, 0) is 0 Å². The van der Waals surface area contributed by atoms with Crippen LogP contribution < -0.4 is 10.3 Å². The molecule has 0 atom stereocenters. The molecule has 26 heavy (non-hydrogen) atoms. The van der Waals surface area contributed by atoms with Crippen LogP contribution in [0.15, 0.2) is 41.5 Å². The summed E-state index contributed by atoms with van der Waals surface area (Å²) in [7, 11) is 1.59. The molecule has 0 spiro atoms. The SMILES string of the molecule is COc1cn(C2CCC2)c(=O)cc1-c1cc(Cl)ccc1-n1cc(Cl)nn1. The Labute approximate surface area is 159 Å². The Kier molecular flexibility index (Phi) is 4.46. The first-order valence-corrected chi connectivity index (χ1v) is 9.01. The van der Waals surface area contributed by atoms with Crippen molar-refractivity contribution in [2.45, 2.75) is 25.3 Å². The number of halogens is 2. The van der Waals surface area contributed by atoms with Crippen molar-refractivity contribution in [3.8, 4) is 22.6 Å². The number of rotatable bonds is 4. The zero-order valence-electron chi connectivity index (χ0n) is 14.0. The summed E-state index contributed by atoms with van der Waals surface area (Å²) in [6.45, 7) is 0. The lowest BCUT2D eigenvalue weighted by molar-refractivity contribution is 0.301. The Morgan fingerprint density at radius 2 is 1.96 bits per heavy atom.